The lowest BCUT2D eigenvalue weighted by atomic mass is 10.0. The van der Waals surface area contributed by atoms with Crippen molar-refractivity contribution in [1.29, 1.82) is 0 Å². The zero-order valence-electron chi connectivity index (χ0n) is 24.1. The normalized spacial score (nSPS) is 16.1. The van der Waals surface area contributed by atoms with Crippen LogP contribution >= 0.6 is 27.7 Å². The first-order valence-corrected chi connectivity index (χ1v) is 15.0. The average Bonchev–Trinajstić information content (AvgIpc) is 3.50. The number of hydrogen-bond donors (Lipinski definition) is 2. The van der Waals surface area contributed by atoms with Gasteiger partial charge >= 0.3 is 6.03 Å². The van der Waals surface area contributed by atoms with Crippen LogP contribution < -0.4 is 29.0 Å². The lowest BCUT2D eigenvalue weighted by molar-refractivity contribution is -0.0118. The topological polar surface area (TPSA) is 108 Å². The van der Waals surface area contributed by atoms with Gasteiger partial charge in [-0.15, -0.1) is 11.8 Å². The maximum atomic E-state index is 12.4. The molecule has 4 rings (SSSR count). The predicted molar refractivity (Wildman–Crippen MR) is 164 cm³/mol. The molecule has 1 aliphatic rings. The number of carbonyl (C=O) groups excluding carboxylic acids is 1. The third-order valence-corrected chi connectivity index (χ3v) is 8.20. The van der Waals surface area contributed by atoms with Crippen LogP contribution in [0.15, 0.2) is 57.9 Å². The van der Waals surface area contributed by atoms with Gasteiger partial charge in [0.25, 0.3) is 0 Å². The number of ether oxygens (including phenoxy) is 6. The van der Waals surface area contributed by atoms with Gasteiger partial charge in [-0.05, 0) is 72.5 Å². The van der Waals surface area contributed by atoms with E-state index in [4.69, 9.17) is 28.4 Å². The summed E-state index contributed by atoms with van der Waals surface area (Å²) >= 11 is 5.09. The Balaban J connectivity index is 1.55. The summed E-state index contributed by atoms with van der Waals surface area (Å²) in [5.41, 5.74) is 2.07. The fourth-order valence-corrected chi connectivity index (χ4v) is 5.64. The van der Waals surface area contributed by atoms with Crippen LogP contribution in [0, 0.1) is 0 Å². The van der Waals surface area contributed by atoms with E-state index in [2.05, 4.69) is 21.2 Å². The Morgan fingerprint density at radius 2 is 1.48 bits per heavy atom. The molecule has 1 aliphatic heterocycles. The molecule has 42 heavy (non-hydrogen) atoms. The molecule has 0 radical (unpaired) electrons. The molecule has 2 atom stereocenters. The minimum Gasteiger partial charge on any atom is -0.493 e. The summed E-state index contributed by atoms with van der Waals surface area (Å²) in [7, 11) is 7.51. The second-order valence-corrected chi connectivity index (χ2v) is 11.4. The zero-order chi connectivity index (χ0) is 30.2. The Morgan fingerprint density at radius 3 is 2.00 bits per heavy atom. The average molecular weight is 664 g/mol. The maximum absolute atomic E-state index is 12.4. The molecule has 0 bridgehead atoms. The van der Waals surface area contributed by atoms with Crippen molar-refractivity contribution in [3.63, 3.8) is 0 Å². The first kappa shape index (κ1) is 31.6. The Bertz CT molecular complexity index is 1350. The van der Waals surface area contributed by atoms with Gasteiger partial charge in [0, 0.05) is 22.2 Å². The zero-order valence-corrected chi connectivity index (χ0v) is 26.5. The minimum atomic E-state index is -0.717. The molecule has 0 saturated carbocycles. The number of benzene rings is 3. The molecule has 2 N–H and O–H groups in total. The number of halogens is 1. The van der Waals surface area contributed by atoms with E-state index < -0.39 is 6.03 Å². The quantitative estimate of drug-likeness (QED) is 0.0908. The monoisotopic (exact) mass is 662 g/mol. The molecule has 3 aromatic rings. The van der Waals surface area contributed by atoms with Crippen LogP contribution in [0.1, 0.15) is 36.2 Å². The number of nitrogens with zero attached hydrogens (tertiary/aromatic N) is 1. The van der Waals surface area contributed by atoms with Crippen molar-refractivity contribution >= 4 is 39.4 Å². The van der Waals surface area contributed by atoms with Crippen molar-refractivity contribution in [2.45, 2.75) is 29.9 Å². The summed E-state index contributed by atoms with van der Waals surface area (Å²) < 4.78 is 35.8. The highest BCUT2D eigenvalue weighted by Gasteiger charge is 2.31. The van der Waals surface area contributed by atoms with Crippen LogP contribution in [0.3, 0.4) is 0 Å². The van der Waals surface area contributed by atoms with Crippen LogP contribution in [0.2, 0.25) is 0 Å². The standard InChI is InChI=1S/C30H35BrN2O8S/c1-33(35)30(34)32-22-14-18(15-25(36-2)28(22)40-12-13-42-21-8-6-20(31)7-9-21)23-10-11-24(41-23)19-16-26(37-3)29(39-5)27(17-19)38-4/h6-9,14-17,23-24,35H,10-13H2,1-5H3,(H,32,34). The van der Waals surface area contributed by atoms with Crippen molar-refractivity contribution < 1.29 is 38.4 Å². The third-order valence-electron chi connectivity index (χ3n) is 6.69. The van der Waals surface area contributed by atoms with Crippen molar-refractivity contribution in [2.75, 3.05) is 53.2 Å². The largest absolute Gasteiger partial charge is 0.493 e. The van der Waals surface area contributed by atoms with Gasteiger partial charge < -0.3 is 33.7 Å². The number of hydroxylamine groups is 2. The van der Waals surface area contributed by atoms with Gasteiger partial charge in [-0.2, -0.15) is 0 Å². The highest BCUT2D eigenvalue weighted by atomic mass is 79.9. The molecule has 1 saturated heterocycles. The lowest BCUT2D eigenvalue weighted by Gasteiger charge is -2.21. The second kappa shape index (κ2) is 14.7. The lowest BCUT2D eigenvalue weighted by Crippen LogP contribution is -2.28. The first-order chi connectivity index (χ1) is 20.3. The molecular formula is C30H35BrN2O8S. The van der Waals surface area contributed by atoms with E-state index in [0.29, 0.717) is 51.9 Å². The number of hydrogen-bond acceptors (Lipinski definition) is 9. The van der Waals surface area contributed by atoms with Gasteiger partial charge in [0.2, 0.25) is 5.75 Å². The molecule has 12 heteroatoms. The fourth-order valence-electron chi connectivity index (χ4n) is 4.65. The van der Waals surface area contributed by atoms with Crippen molar-refractivity contribution in [1.82, 2.24) is 5.06 Å². The van der Waals surface area contributed by atoms with Crippen molar-refractivity contribution in [3.8, 4) is 28.7 Å². The summed E-state index contributed by atoms with van der Waals surface area (Å²) in [6.07, 6.45) is 0.968. The van der Waals surface area contributed by atoms with Crippen LogP contribution in [0.5, 0.6) is 28.7 Å². The predicted octanol–water partition coefficient (Wildman–Crippen LogP) is 7.10. The summed E-state index contributed by atoms with van der Waals surface area (Å²) in [5, 5.41) is 12.9. The Morgan fingerprint density at radius 1 is 0.929 bits per heavy atom. The maximum Gasteiger partial charge on any atom is 0.345 e. The Hall–Kier alpha value is -3.32. The van der Waals surface area contributed by atoms with Gasteiger partial charge in [0.15, 0.2) is 23.0 Å². The number of carbonyl (C=O) groups is 1. The van der Waals surface area contributed by atoms with Crippen LogP contribution in [-0.2, 0) is 4.74 Å². The molecule has 226 valence electrons. The van der Waals surface area contributed by atoms with Gasteiger partial charge in [-0.1, -0.05) is 15.9 Å². The van der Waals surface area contributed by atoms with E-state index in [1.165, 1.54) is 7.05 Å². The van der Waals surface area contributed by atoms with Crippen LogP contribution in [-0.4, -0.2) is 64.1 Å². The molecule has 2 amide bonds. The van der Waals surface area contributed by atoms with Crippen molar-refractivity contribution in [2.24, 2.45) is 0 Å². The van der Waals surface area contributed by atoms with E-state index >= 15 is 0 Å². The molecule has 2 unspecified atom stereocenters. The first-order valence-electron chi connectivity index (χ1n) is 13.2. The molecule has 1 heterocycles. The summed E-state index contributed by atoms with van der Waals surface area (Å²) in [5.74, 6) is 3.10. The molecule has 0 spiro atoms. The van der Waals surface area contributed by atoms with Gasteiger partial charge in [0.05, 0.1) is 52.9 Å². The summed E-state index contributed by atoms with van der Waals surface area (Å²) in [6, 6.07) is 14.7. The number of urea groups is 1. The summed E-state index contributed by atoms with van der Waals surface area (Å²) in [4.78, 5) is 13.6. The van der Waals surface area contributed by atoms with E-state index in [9.17, 15) is 10.0 Å². The molecule has 0 aromatic heterocycles. The number of thioether (sulfide) groups is 1. The smallest absolute Gasteiger partial charge is 0.345 e. The number of nitrogens with one attached hydrogen (secondary N) is 1. The van der Waals surface area contributed by atoms with Gasteiger partial charge in [-0.3, -0.25) is 5.21 Å². The minimum absolute atomic E-state index is 0.220. The molecule has 1 fully saturated rings. The Labute approximate surface area is 258 Å². The molecule has 0 aliphatic carbocycles. The molecule has 3 aromatic carbocycles. The van der Waals surface area contributed by atoms with E-state index in [-0.39, 0.29) is 12.2 Å². The summed E-state index contributed by atoms with van der Waals surface area (Å²) in [6.45, 7) is 0.359. The fraction of sp³-hybridized carbons (Fsp3) is 0.367. The van der Waals surface area contributed by atoms with Crippen LogP contribution in [0.25, 0.3) is 0 Å². The van der Waals surface area contributed by atoms with E-state index in [1.807, 2.05) is 42.5 Å². The number of amides is 2. The molecular weight excluding hydrogens is 628 g/mol. The highest BCUT2D eigenvalue weighted by molar-refractivity contribution is 9.10. The number of anilines is 1. The van der Waals surface area contributed by atoms with Crippen molar-refractivity contribution in [3.05, 3.63) is 64.1 Å². The van der Waals surface area contributed by atoms with Gasteiger partial charge in [-0.25, -0.2) is 9.86 Å². The third kappa shape index (κ3) is 7.54. The molecule has 10 nitrogen and oxygen atoms in total. The second-order valence-electron chi connectivity index (χ2n) is 9.35. The van der Waals surface area contributed by atoms with Crippen LogP contribution in [0.4, 0.5) is 10.5 Å². The van der Waals surface area contributed by atoms with Gasteiger partial charge in [0.1, 0.15) is 0 Å². The number of rotatable bonds is 12. The SMILES string of the molecule is COc1cc(C2CCC(c3cc(OC)c(OC)c(OC)c3)O2)cc(NC(=O)N(C)O)c1OCCSc1ccc(Br)cc1. The van der Waals surface area contributed by atoms with E-state index in [0.717, 1.165) is 33.3 Å². The Kier molecular flexibility index (Phi) is 11.1. The van der Waals surface area contributed by atoms with E-state index in [1.54, 1.807) is 46.3 Å². The number of methoxy groups -OCH3 is 4. The highest BCUT2D eigenvalue weighted by Crippen LogP contribution is 2.48.